The smallest absolute Gasteiger partial charge is 0.383 e. The largest absolute Gasteiger partial charge is 0.417 e. The molecule has 30 heavy (non-hydrogen) atoms. The van der Waals surface area contributed by atoms with E-state index in [0.29, 0.717) is 35.1 Å². The quantitative estimate of drug-likeness (QED) is 0.663. The molecule has 0 bridgehead atoms. The van der Waals surface area contributed by atoms with Crippen molar-refractivity contribution in [1.29, 1.82) is 0 Å². The SMILES string of the molecule is Cc1cc2cc(C(=O)N(Cc3ccc(C(F)(F)F)cn3)CC3CC3)ccc2nc1N. The highest BCUT2D eigenvalue weighted by molar-refractivity contribution is 5.98. The van der Waals surface area contributed by atoms with Gasteiger partial charge in [-0.1, -0.05) is 0 Å². The Kier molecular flexibility index (Phi) is 5.09. The standard InChI is InChI=1S/C22H21F3N4O/c1-13-8-16-9-15(4-7-19(16)28-20(13)26)21(30)29(11-14-2-3-14)12-18-6-5-17(10-27-18)22(23,24)25/h4-10,14H,2-3,11-12H2,1H3,(H2,26,28). The highest BCUT2D eigenvalue weighted by Crippen LogP contribution is 2.32. The Balaban J connectivity index is 1.59. The maximum Gasteiger partial charge on any atom is 0.417 e. The third kappa shape index (κ3) is 4.37. The zero-order chi connectivity index (χ0) is 21.5. The van der Waals surface area contributed by atoms with Gasteiger partial charge in [0, 0.05) is 23.7 Å². The number of fused-ring (bicyclic) bond motifs is 1. The summed E-state index contributed by atoms with van der Waals surface area (Å²) in [4.78, 5) is 23.1. The number of carbonyl (C=O) groups is 1. The van der Waals surface area contributed by atoms with E-state index in [4.69, 9.17) is 5.73 Å². The minimum Gasteiger partial charge on any atom is -0.383 e. The second-order valence-electron chi connectivity index (χ2n) is 7.76. The molecule has 0 aliphatic heterocycles. The van der Waals surface area contributed by atoms with Crippen LogP contribution in [0.4, 0.5) is 19.0 Å². The van der Waals surface area contributed by atoms with E-state index in [2.05, 4.69) is 9.97 Å². The van der Waals surface area contributed by atoms with Crippen molar-refractivity contribution in [3.8, 4) is 0 Å². The van der Waals surface area contributed by atoms with Crippen LogP contribution in [0.5, 0.6) is 0 Å². The molecule has 8 heteroatoms. The van der Waals surface area contributed by atoms with E-state index in [1.54, 1.807) is 23.1 Å². The molecule has 1 saturated carbocycles. The normalized spacial score (nSPS) is 14.1. The van der Waals surface area contributed by atoms with Gasteiger partial charge in [0.15, 0.2) is 0 Å². The molecule has 0 spiro atoms. The van der Waals surface area contributed by atoms with Crippen molar-refractivity contribution < 1.29 is 18.0 Å². The molecule has 2 aromatic heterocycles. The summed E-state index contributed by atoms with van der Waals surface area (Å²) < 4.78 is 38.3. The van der Waals surface area contributed by atoms with E-state index in [0.717, 1.165) is 36.1 Å². The van der Waals surface area contributed by atoms with E-state index in [-0.39, 0.29) is 12.5 Å². The summed E-state index contributed by atoms with van der Waals surface area (Å²) in [6.45, 7) is 2.56. The van der Waals surface area contributed by atoms with Crippen molar-refractivity contribution in [2.45, 2.75) is 32.5 Å². The predicted octanol–water partition coefficient (Wildman–Crippen LogP) is 4.59. The molecule has 156 valence electrons. The van der Waals surface area contributed by atoms with Gasteiger partial charge >= 0.3 is 6.18 Å². The van der Waals surface area contributed by atoms with Crippen LogP contribution >= 0.6 is 0 Å². The minimum atomic E-state index is -4.43. The Hall–Kier alpha value is -3.16. The summed E-state index contributed by atoms with van der Waals surface area (Å²) >= 11 is 0. The fourth-order valence-corrected chi connectivity index (χ4v) is 3.33. The van der Waals surface area contributed by atoms with Crippen LogP contribution in [-0.2, 0) is 12.7 Å². The van der Waals surface area contributed by atoms with E-state index < -0.39 is 11.7 Å². The number of hydrogen-bond donors (Lipinski definition) is 1. The third-order valence-corrected chi connectivity index (χ3v) is 5.26. The maximum atomic E-state index is 13.2. The lowest BCUT2D eigenvalue weighted by Crippen LogP contribution is -2.32. The van der Waals surface area contributed by atoms with Crippen LogP contribution in [0.2, 0.25) is 0 Å². The second-order valence-corrected chi connectivity index (χ2v) is 7.76. The molecule has 3 aromatic rings. The monoisotopic (exact) mass is 414 g/mol. The number of anilines is 1. The summed E-state index contributed by atoms with van der Waals surface area (Å²) in [7, 11) is 0. The molecule has 1 aliphatic rings. The number of hydrogen-bond acceptors (Lipinski definition) is 4. The number of aromatic nitrogens is 2. The van der Waals surface area contributed by atoms with Crippen LogP contribution in [0.25, 0.3) is 10.9 Å². The van der Waals surface area contributed by atoms with E-state index in [1.165, 1.54) is 6.07 Å². The Bertz CT molecular complexity index is 1090. The first kappa shape index (κ1) is 20.1. The number of pyridine rings is 2. The lowest BCUT2D eigenvalue weighted by Gasteiger charge is -2.23. The van der Waals surface area contributed by atoms with Gasteiger partial charge in [-0.3, -0.25) is 9.78 Å². The minimum absolute atomic E-state index is 0.157. The molecular formula is C22H21F3N4O. The van der Waals surface area contributed by atoms with Crippen LogP contribution in [0.1, 0.15) is 40.0 Å². The van der Waals surface area contributed by atoms with Gasteiger partial charge in [-0.25, -0.2) is 4.98 Å². The highest BCUT2D eigenvalue weighted by Gasteiger charge is 2.31. The molecule has 2 heterocycles. The second kappa shape index (κ2) is 7.59. The molecule has 1 aliphatic carbocycles. The Morgan fingerprint density at radius 3 is 2.60 bits per heavy atom. The molecule has 1 amide bonds. The number of nitrogens with two attached hydrogens (primary N) is 1. The van der Waals surface area contributed by atoms with E-state index in [9.17, 15) is 18.0 Å². The molecule has 5 nitrogen and oxygen atoms in total. The van der Waals surface area contributed by atoms with Crippen LogP contribution in [0.3, 0.4) is 0 Å². The van der Waals surface area contributed by atoms with Gasteiger partial charge in [0.2, 0.25) is 0 Å². The van der Waals surface area contributed by atoms with Crippen molar-refractivity contribution in [2.75, 3.05) is 12.3 Å². The fourth-order valence-electron chi connectivity index (χ4n) is 3.33. The van der Waals surface area contributed by atoms with Crippen LogP contribution < -0.4 is 5.73 Å². The number of aryl methyl sites for hydroxylation is 1. The van der Waals surface area contributed by atoms with Crippen molar-refractivity contribution in [3.05, 3.63) is 65.0 Å². The molecule has 1 aromatic carbocycles. The number of carbonyl (C=O) groups excluding carboxylic acids is 1. The van der Waals surface area contributed by atoms with Gasteiger partial charge in [0.1, 0.15) is 5.82 Å². The average Bonchev–Trinajstić information content (AvgIpc) is 3.51. The summed E-state index contributed by atoms with van der Waals surface area (Å²) in [6, 6.07) is 9.44. The molecule has 4 rings (SSSR count). The number of alkyl halides is 3. The topological polar surface area (TPSA) is 72.1 Å². The number of nitrogens with zero attached hydrogens (tertiary/aromatic N) is 3. The Morgan fingerprint density at radius 1 is 1.20 bits per heavy atom. The first-order valence-electron chi connectivity index (χ1n) is 9.69. The summed E-state index contributed by atoms with van der Waals surface area (Å²) in [5.41, 5.74) is 7.50. The molecule has 1 fully saturated rings. The lowest BCUT2D eigenvalue weighted by atomic mass is 10.1. The maximum absolute atomic E-state index is 13.2. The Morgan fingerprint density at radius 2 is 1.97 bits per heavy atom. The summed E-state index contributed by atoms with van der Waals surface area (Å²) in [5, 5.41) is 0.812. The third-order valence-electron chi connectivity index (χ3n) is 5.26. The predicted molar refractivity (Wildman–Crippen MR) is 108 cm³/mol. The Labute approximate surface area is 171 Å². The molecular weight excluding hydrogens is 393 g/mol. The molecule has 0 saturated heterocycles. The van der Waals surface area contributed by atoms with Gasteiger partial charge < -0.3 is 10.6 Å². The number of amides is 1. The number of benzene rings is 1. The summed E-state index contributed by atoms with van der Waals surface area (Å²) in [6.07, 6.45) is -1.53. The summed E-state index contributed by atoms with van der Waals surface area (Å²) in [5.74, 6) is 0.692. The molecule has 0 radical (unpaired) electrons. The van der Waals surface area contributed by atoms with E-state index >= 15 is 0 Å². The lowest BCUT2D eigenvalue weighted by molar-refractivity contribution is -0.137. The van der Waals surface area contributed by atoms with Gasteiger partial charge in [-0.2, -0.15) is 13.2 Å². The first-order chi connectivity index (χ1) is 14.2. The number of nitrogen functional groups attached to an aromatic ring is 1. The van der Waals surface area contributed by atoms with Crippen molar-refractivity contribution in [1.82, 2.24) is 14.9 Å². The van der Waals surface area contributed by atoms with Crippen molar-refractivity contribution in [3.63, 3.8) is 0 Å². The zero-order valence-electron chi connectivity index (χ0n) is 16.4. The van der Waals surface area contributed by atoms with E-state index in [1.807, 2.05) is 13.0 Å². The van der Waals surface area contributed by atoms with Crippen LogP contribution in [-0.4, -0.2) is 27.3 Å². The molecule has 0 unspecified atom stereocenters. The highest BCUT2D eigenvalue weighted by atomic mass is 19.4. The molecule has 0 atom stereocenters. The van der Waals surface area contributed by atoms with Gasteiger partial charge in [0.25, 0.3) is 5.91 Å². The molecule has 2 N–H and O–H groups in total. The zero-order valence-corrected chi connectivity index (χ0v) is 16.4. The van der Waals surface area contributed by atoms with Crippen molar-refractivity contribution in [2.24, 2.45) is 5.92 Å². The fraction of sp³-hybridized carbons (Fsp3) is 0.318. The first-order valence-corrected chi connectivity index (χ1v) is 9.69. The van der Waals surface area contributed by atoms with Gasteiger partial charge in [-0.05, 0) is 67.6 Å². The van der Waals surface area contributed by atoms with Crippen LogP contribution in [0, 0.1) is 12.8 Å². The van der Waals surface area contributed by atoms with Gasteiger partial charge in [-0.15, -0.1) is 0 Å². The number of halogens is 3. The average molecular weight is 414 g/mol. The van der Waals surface area contributed by atoms with Crippen LogP contribution in [0.15, 0.2) is 42.6 Å². The van der Waals surface area contributed by atoms with Gasteiger partial charge in [0.05, 0.1) is 23.3 Å². The number of rotatable bonds is 5. The van der Waals surface area contributed by atoms with Crippen molar-refractivity contribution >= 4 is 22.6 Å².